The predicted octanol–water partition coefficient (Wildman–Crippen LogP) is -8.43. The van der Waals surface area contributed by atoms with E-state index in [2.05, 4.69) is 53.2 Å². The number of benzene rings is 1. The molecule has 426 valence electrons. The normalized spacial score (nSPS) is 15.8. The first-order valence-corrected chi connectivity index (χ1v) is 24.2. The topological polar surface area (TPSA) is 504 Å². The van der Waals surface area contributed by atoms with Crippen molar-refractivity contribution < 1.29 is 83.1 Å². The second-order valence-corrected chi connectivity index (χ2v) is 18.1. The molecular weight excluding hydrogens is 1010 g/mol. The summed E-state index contributed by atoms with van der Waals surface area (Å²) in [4.78, 5) is 156. The van der Waals surface area contributed by atoms with Crippen LogP contribution in [0.15, 0.2) is 30.3 Å². The Kier molecular flexibility index (Phi) is 29.4. The fourth-order valence-electron chi connectivity index (χ4n) is 6.82. The van der Waals surface area contributed by atoms with E-state index in [1.807, 2.05) is 0 Å². The third-order valence-corrected chi connectivity index (χ3v) is 11.2. The highest BCUT2D eigenvalue weighted by Crippen LogP contribution is 2.10. The molecule has 30 heteroatoms. The average Bonchev–Trinajstić information content (AvgIpc) is 3.35. The van der Waals surface area contributed by atoms with Crippen LogP contribution < -0.4 is 70.4 Å². The molecule has 0 saturated carbocycles. The summed E-state index contributed by atoms with van der Waals surface area (Å²) < 4.78 is 0. The fraction of sp³-hybridized carbons (Fsp3) is 0.609. The number of rotatable bonds is 34. The number of hydrogen-bond acceptors (Lipinski definition) is 18. The first-order chi connectivity index (χ1) is 35.6. The molecule has 11 amide bonds. The van der Waals surface area contributed by atoms with Crippen LogP contribution in [0.25, 0.3) is 0 Å². The van der Waals surface area contributed by atoms with Crippen molar-refractivity contribution in [2.75, 3.05) is 26.3 Å². The zero-order valence-electron chi connectivity index (χ0n) is 43.1. The molecular formula is C46H75N13O17. The minimum absolute atomic E-state index is 0.0637. The van der Waals surface area contributed by atoms with Gasteiger partial charge in [-0.2, -0.15) is 0 Å². The molecule has 0 fully saturated rings. The highest BCUT2D eigenvalue weighted by atomic mass is 16.4. The lowest BCUT2D eigenvalue weighted by molar-refractivity contribution is -0.142. The molecule has 0 bridgehead atoms. The number of aliphatic hydroxyl groups is 4. The summed E-state index contributed by atoms with van der Waals surface area (Å²) in [6.45, 7) is 5.31. The molecule has 1 rings (SSSR count). The first kappa shape index (κ1) is 66.6. The van der Waals surface area contributed by atoms with E-state index in [9.17, 15) is 83.1 Å². The van der Waals surface area contributed by atoms with E-state index in [0.717, 1.165) is 20.8 Å². The Balaban J connectivity index is 3.25. The third kappa shape index (κ3) is 23.0. The van der Waals surface area contributed by atoms with E-state index in [-0.39, 0.29) is 19.4 Å². The van der Waals surface area contributed by atoms with Gasteiger partial charge >= 0.3 is 5.97 Å². The fourth-order valence-corrected chi connectivity index (χ4v) is 6.82. The van der Waals surface area contributed by atoms with Crippen LogP contribution in [0.1, 0.15) is 72.8 Å². The molecule has 0 saturated heterocycles. The van der Waals surface area contributed by atoms with Crippen molar-refractivity contribution >= 4 is 70.9 Å². The molecule has 1 aromatic rings. The van der Waals surface area contributed by atoms with Crippen LogP contribution >= 0.6 is 0 Å². The average molecular weight is 1080 g/mol. The predicted molar refractivity (Wildman–Crippen MR) is 267 cm³/mol. The molecule has 0 aliphatic carbocycles. The molecule has 0 aliphatic heterocycles. The number of aliphatic hydroxyl groups excluding tert-OH is 4. The van der Waals surface area contributed by atoms with E-state index >= 15 is 0 Å². The van der Waals surface area contributed by atoms with Crippen LogP contribution in [0.4, 0.5) is 0 Å². The Bertz CT molecular complexity index is 2170. The van der Waals surface area contributed by atoms with Gasteiger partial charge in [-0.25, -0.2) is 0 Å². The van der Waals surface area contributed by atoms with Crippen molar-refractivity contribution in [1.82, 2.24) is 53.2 Å². The minimum atomic E-state index is -1.91. The monoisotopic (exact) mass is 1080 g/mol. The van der Waals surface area contributed by atoms with Crippen LogP contribution in [0.2, 0.25) is 0 Å². The summed E-state index contributed by atoms with van der Waals surface area (Å²) in [5.74, 6) is -13.6. The molecule has 0 aromatic heterocycles. The van der Waals surface area contributed by atoms with Gasteiger partial charge in [0.25, 0.3) is 0 Å². The second-order valence-electron chi connectivity index (χ2n) is 18.1. The maximum absolute atomic E-state index is 13.9. The van der Waals surface area contributed by atoms with Gasteiger partial charge in [-0.1, -0.05) is 44.2 Å². The van der Waals surface area contributed by atoms with Crippen LogP contribution in [0.5, 0.6) is 0 Å². The van der Waals surface area contributed by atoms with Crippen molar-refractivity contribution in [3.63, 3.8) is 0 Å². The highest BCUT2D eigenvalue weighted by Gasteiger charge is 2.37. The number of carbonyl (C=O) groups is 12. The van der Waals surface area contributed by atoms with E-state index < -0.39 is 176 Å². The molecule has 21 N–H and O–H groups in total. The van der Waals surface area contributed by atoms with Crippen LogP contribution in [0, 0.1) is 5.92 Å². The quantitative estimate of drug-likeness (QED) is 0.0285. The molecule has 76 heavy (non-hydrogen) atoms. The number of carbonyl (C=O) groups excluding carboxylic acids is 11. The van der Waals surface area contributed by atoms with Crippen molar-refractivity contribution in [2.45, 2.75) is 146 Å². The largest absolute Gasteiger partial charge is 0.480 e. The van der Waals surface area contributed by atoms with Gasteiger partial charge in [-0.3, -0.25) is 57.5 Å². The summed E-state index contributed by atoms with van der Waals surface area (Å²) in [7, 11) is 0. The van der Waals surface area contributed by atoms with E-state index in [4.69, 9.17) is 17.2 Å². The van der Waals surface area contributed by atoms with Crippen LogP contribution in [-0.4, -0.2) is 195 Å². The zero-order chi connectivity index (χ0) is 58.0. The van der Waals surface area contributed by atoms with Crippen molar-refractivity contribution in [1.29, 1.82) is 0 Å². The lowest BCUT2D eigenvalue weighted by Gasteiger charge is -2.29. The molecule has 0 radical (unpaired) electrons. The number of nitrogens with two attached hydrogens (primary N) is 3. The van der Waals surface area contributed by atoms with E-state index in [1.165, 1.54) is 6.92 Å². The third-order valence-electron chi connectivity index (χ3n) is 11.2. The van der Waals surface area contributed by atoms with Gasteiger partial charge in [0.1, 0.15) is 60.4 Å². The number of primary amides is 1. The van der Waals surface area contributed by atoms with Gasteiger partial charge < -0.3 is 95.9 Å². The molecule has 0 unspecified atom stereocenters. The molecule has 30 nitrogen and oxygen atoms in total. The highest BCUT2D eigenvalue weighted by molar-refractivity contribution is 5.99. The first-order valence-electron chi connectivity index (χ1n) is 24.2. The Morgan fingerprint density at radius 1 is 0.487 bits per heavy atom. The van der Waals surface area contributed by atoms with E-state index in [0.29, 0.717) is 18.4 Å². The Morgan fingerprint density at radius 3 is 1.41 bits per heavy atom. The summed E-state index contributed by atoms with van der Waals surface area (Å²) in [5, 5.41) is 73.0. The standard InChI is InChI=1S/C46H75N13O17/c1-21(2)34(43(72)53-27(14-10-11-15-47)38(67)51-23(4)46(75)76)57-45(74)36(25(6)63)58-37(66)22(3)50-41(70)31(20-61)56-44(73)35(24(5)62)59-40(69)28(16-26-12-8-7-9-13-26)54-39(68)29(17-32(49)64)55-42(71)30(19-60)52-33(65)18-48/h7-9,12-13,21-25,27-31,34-36,60-63H,10-11,14-20,47-48H2,1-6H3,(H2,49,64)(H,50,70)(H,51,67)(H,52,65)(H,53,72)(H,54,68)(H,55,71)(H,56,73)(H,57,74)(H,58,66)(H,59,69)(H,75,76)/t22-,23-,24+,25+,27-,28-,29-,30-,31-,34-,35-,36-/m0/s1. The number of amides is 11. The van der Waals surface area contributed by atoms with Gasteiger partial charge in [0.15, 0.2) is 0 Å². The Morgan fingerprint density at radius 2 is 0.908 bits per heavy atom. The van der Waals surface area contributed by atoms with Gasteiger partial charge in [-0.05, 0) is 65.0 Å². The molecule has 0 heterocycles. The van der Waals surface area contributed by atoms with Gasteiger partial charge in [0.2, 0.25) is 65.0 Å². The number of carboxylic acids is 1. The number of unbranched alkanes of at least 4 members (excludes halogenated alkanes) is 1. The number of hydrogen-bond donors (Lipinski definition) is 18. The second kappa shape index (κ2) is 33.5. The molecule has 12 atom stereocenters. The number of carboxylic acid groups (broad SMARTS) is 1. The molecule has 1 aromatic carbocycles. The Labute approximate surface area is 437 Å². The maximum atomic E-state index is 13.9. The zero-order valence-corrected chi connectivity index (χ0v) is 43.1. The molecule has 0 aliphatic rings. The summed E-state index contributed by atoms with van der Waals surface area (Å²) >= 11 is 0. The van der Waals surface area contributed by atoms with Crippen molar-refractivity contribution in [3.8, 4) is 0 Å². The lowest BCUT2D eigenvalue weighted by Crippen LogP contribution is -2.63. The Hall–Kier alpha value is -7.38. The smallest absolute Gasteiger partial charge is 0.325 e. The van der Waals surface area contributed by atoms with Crippen molar-refractivity contribution in [3.05, 3.63) is 35.9 Å². The van der Waals surface area contributed by atoms with Crippen LogP contribution in [-0.2, 0) is 64.0 Å². The van der Waals surface area contributed by atoms with E-state index in [1.54, 1.807) is 44.2 Å². The molecule has 0 spiro atoms. The van der Waals surface area contributed by atoms with Crippen LogP contribution in [0.3, 0.4) is 0 Å². The number of aliphatic carboxylic acids is 1. The minimum Gasteiger partial charge on any atom is -0.480 e. The summed E-state index contributed by atoms with van der Waals surface area (Å²) in [5.41, 5.74) is 16.6. The summed E-state index contributed by atoms with van der Waals surface area (Å²) in [6.07, 6.45) is -3.57. The lowest BCUT2D eigenvalue weighted by atomic mass is 10.0. The van der Waals surface area contributed by atoms with Gasteiger partial charge in [0, 0.05) is 6.42 Å². The van der Waals surface area contributed by atoms with Gasteiger partial charge in [0.05, 0.1) is 38.4 Å². The maximum Gasteiger partial charge on any atom is 0.325 e. The number of nitrogens with one attached hydrogen (secondary N) is 10. The van der Waals surface area contributed by atoms with Crippen molar-refractivity contribution in [2.24, 2.45) is 23.1 Å². The summed E-state index contributed by atoms with van der Waals surface area (Å²) in [6, 6.07) is -8.06. The van der Waals surface area contributed by atoms with Gasteiger partial charge in [-0.15, -0.1) is 0 Å². The SMILES string of the molecule is CC(C)[C@H](NC(=O)[C@@H](NC(=O)[C@H](C)NC(=O)[C@H](CO)NC(=O)[C@@H](NC(=O)[C@H](Cc1ccccc1)NC(=O)[C@H](CC(N)=O)NC(=O)[C@H](CO)NC(=O)CN)[C@@H](C)O)[C@@H](C)O)C(=O)N[C@@H](CCCCN)C(=O)N[C@@H](C)C(=O)O.